The molecule has 0 radical (unpaired) electrons. The smallest absolute Gasteiger partial charge is 0.274 e. The van der Waals surface area contributed by atoms with Gasteiger partial charge in [-0.1, -0.05) is 6.07 Å². The average Bonchev–Trinajstić information content (AvgIpc) is 3.29. The average molecular weight is 455 g/mol. The van der Waals surface area contributed by atoms with Crippen LogP contribution < -0.4 is 20.7 Å². The minimum atomic E-state index is -0.955. The van der Waals surface area contributed by atoms with Gasteiger partial charge >= 0.3 is 0 Å². The number of halogens is 2. The van der Waals surface area contributed by atoms with Gasteiger partial charge in [0.1, 0.15) is 29.3 Å². The molecule has 0 aliphatic carbocycles. The highest BCUT2D eigenvalue weighted by atomic mass is 19.1. The number of aromatic nitrogens is 2. The second-order valence-electron chi connectivity index (χ2n) is 7.68. The predicted molar refractivity (Wildman–Crippen MR) is 119 cm³/mol. The van der Waals surface area contributed by atoms with E-state index in [1.54, 1.807) is 12.1 Å². The summed E-state index contributed by atoms with van der Waals surface area (Å²) in [6.45, 7) is 1.06. The van der Waals surface area contributed by atoms with Crippen LogP contribution in [0.1, 0.15) is 16.9 Å². The largest absolute Gasteiger partial charge is 0.496 e. The van der Waals surface area contributed by atoms with Crippen LogP contribution >= 0.6 is 0 Å². The van der Waals surface area contributed by atoms with Crippen molar-refractivity contribution in [1.82, 2.24) is 9.97 Å². The molecule has 1 aliphatic rings. The first-order valence-electron chi connectivity index (χ1n) is 10.3. The van der Waals surface area contributed by atoms with E-state index in [4.69, 9.17) is 10.5 Å². The molecule has 3 aromatic rings. The minimum Gasteiger partial charge on any atom is -0.496 e. The van der Waals surface area contributed by atoms with Crippen molar-refractivity contribution in [1.29, 1.82) is 0 Å². The van der Waals surface area contributed by atoms with Gasteiger partial charge in [0.15, 0.2) is 5.82 Å². The lowest BCUT2D eigenvalue weighted by molar-refractivity contribution is 0.102. The van der Waals surface area contributed by atoms with Gasteiger partial charge < -0.3 is 25.8 Å². The Hall–Kier alpha value is -3.63. The van der Waals surface area contributed by atoms with Gasteiger partial charge in [-0.15, -0.1) is 0 Å². The minimum absolute atomic E-state index is 0.0172. The Morgan fingerprint density at radius 3 is 2.85 bits per heavy atom. The molecule has 1 aromatic heterocycles. The van der Waals surface area contributed by atoms with Gasteiger partial charge in [-0.3, -0.25) is 4.79 Å². The molecular formula is C23H23F2N5O3. The third kappa shape index (κ3) is 4.76. The summed E-state index contributed by atoms with van der Waals surface area (Å²) in [4.78, 5) is 23.1. The second kappa shape index (κ2) is 9.47. The van der Waals surface area contributed by atoms with E-state index < -0.39 is 23.8 Å². The number of nitrogens with zero attached hydrogens (tertiary/aromatic N) is 3. The molecule has 8 nitrogen and oxygen atoms in total. The molecule has 172 valence electrons. The molecule has 2 atom stereocenters. The van der Waals surface area contributed by atoms with E-state index in [1.807, 2.05) is 4.90 Å². The third-order valence-corrected chi connectivity index (χ3v) is 5.56. The summed E-state index contributed by atoms with van der Waals surface area (Å²) in [6, 6.07) is 9.75. The Labute approximate surface area is 189 Å². The molecule has 33 heavy (non-hydrogen) atoms. The number of hydrogen-bond donors (Lipinski definition) is 3. The third-order valence-electron chi connectivity index (χ3n) is 5.56. The number of nitrogens with one attached hydrogen (secondary N) is 1. The quantitative estimate of drug-likeness (QED) is 0.490. The van der Waals surface area contributed by atoms with Crippen LogP contribution in [0.4, 0.5) is 20.2 Å². The lowest BCUT2D eigenvalue weighted by Crippen LogP contribution is -2.32. The molecule has 4 rings (SSSR count). The maximum atomic E-state index is 14.4. The number of carbonyl (C=O) groups excluding carboxylic acids is 1. The summed E-state index contributed by atoms with van der Waals surface area (Å²) in [5, 5.41) is 12.4. The summed E-state index contributed by atoms with van der Waals surface area (Å²) in [7, 11) is 1.40. The van der Waals surface area contributed by atoms with Crippen LogP contribution in [0.3, 0.4) is 0 Å². The molecular weight excluding hydrogens is 432 g/mol. The predicted octanol–water partition coefficient (Wildman–Crippen LogP) is 2.79. The fourth-order valence-corrected chi connectivity index (χ4v) is 3.85. The van der Waals surface area contributed by atoms with Crippen LogP contribution in [0.25, 0.3) is 11.4 Å². The molecule has 4 N–H and O–H groups in total. The Morgan fingerprint density at radius 1 is 1.30 bits per heavy atom. The van der Waals surface area contributed by atoms with Gasteiger partial charge in [-0.25, -0.2) is 18.7 Å². The summed E-state index contributed by atoms with van der Waals surface area (Å²) in [6.07, 6.45) is 1.05. The Bertz CT molecular complexity index is 1170. The molecule has 0 bridgehead atoms. The zero-order valence-electron chi connectivity index (χ0n) is 17.8. The van der Waals surface area contributed by atoms with Crippen LogP contribution in [0.5, 0.6) is 5.75 Å². The maximum Gasteiger partial charge on any atom is 0.274 e. The van der Waals surface area contributed by atoms with E-state index >= 15 is 0 Å². The van der Waals surface area contributed by atoms with Crippen molar-refractivity contribution < 1.29 is 23.4 Å². The van der Waals surface area contributed by atoms with Gasteiger partial charge in [0.2, 0.25) is 0 Å². The molecule has 0 spiro atoms. The van der Waals surface area contributed by atoms with E-state index in [9.17, 15) is 18.7 Å². The topological polar surface area (TPSA) is 114 Å². The fraction of sp³-hybridized carbons (Fsp3) is 0.261. The first kappa shape index (κ1) is 22.6. The molecule has 1 aliphatic heterocycles. The van der Waals surface area contributed by atoms with E-state index in [0.29, 0.717) is 25.2 Å². The molecule has 2 aromatic carbocycles. The highest BCUT2D eigenvalue weighted by molar-refractivity contribution is 6.05. The SMILES string of the molecule is COc1cccc(F)c1-c1nccc(C(=O)Nc2cc(F)ccc2N2CC[C@H]([C@@H](N)O)C2)n1. The van der Waals surface area contributed by atoms with Crippen molar-refractivity contribution in [2.24, 2.45) is 11.7 Å². The van der Waals surface area contributed by atoms with Crippen molar-refractivity contribution in [3.8, 4) is 17.1 Å². The van der Waals surface area contributed by atoms with Crippen molar-refractivity contribution in [3.05, 3.63) is 66.0 Å². The molecule has 0 unspecified atom stereocenters. The lowest BCUT2D eigenvalue weighted by atomic mass is 10.1. The maximum absolute atomic E-state index is 14.4. The zero-order chi connectivity index (χ0) is 23.5. The summed E-state index contributed by atoms with van der Waals surface area (Å²) < 4.78 is 33.6. The van der Waals surface area contributed by atoms with Gasteiger partial charge in [-0.2, -0.15) is 0 Å². The molecule has 1 fully saturated rings. The van der Waals surface area contributed by atoms with Gasteiger partial charge in [0.05, 0.1) is 24.0 Å². The van der Waals surface area contributed by atoms with Crippen LogP contribution in [-0.4, -0.2) is 47.4 Å². The number of rotatable bonds is 6. The van der Waals surface area contributed by atoms with Crippen molar-refractivity contribution in [2.75, 3.05) is 30.4 Å². The number of anilines is 2. The van der Waals surface area contributed by atoms with Crippen molar-refractivity contribution in [3.63, 3.8) is 0 Å². The second-order valence-corrected chi connectivity index (χ2v) is 7.68. The number of aliphatic hydroxyl groups is 1. The Morgan fingerprint density at radius 2 is 2.12 bits per heavy atom. The first-order chi connectivity index (χ1) is 15.9. The number of carbonyl (C=O) groups is 1. The molecule has 0 saturated carbocycles. The number of methoxy groups -OCH3 is 1. The molecule has 1 amide bonds. The normalized spacial score (nSPS) is 16.5. The lowest BCUT2D eigenvalue weighted by Gasteiger charge is -2.23. The van der Waals surface area contributed by atoms with Crippen LogP contribution in [0, 0.1) is 17.6 Å². The van der Waals surface area contributed by atoms with Gasteiger partial charge in [-0.05, 0) is 42.8 Å². The van der Waals surface area contributed by atoms with Gasteiger partial charge in [0, 0.05) is 25.2 Å². The fourth-order valence-electron chi connectivity index (χ4n) is 3.85. The molecule has 1 saturated heterocycles. The molecule has 2 heterocycles. The first-order valence-corrected chi connectivity index (χ1v) is 10.3. The zero-order valence-corrected chi connectivity index (χ0v) is 17.8. The summed E-state index contributed by atoms with van der Waals surface area (Å²) in [5.74, 6) is -1.65. The number of ether oxygens (including phenoxy) is 1. The highest BCUT2D eigenvalue weighted by Crippen LogP contribution is 2.33. The van der Waals surface area contributed by atoms with E-state index in [0.717, 1.165) is 0 Å². The van der Waals surface area contributed by atoms with Crippen LogP contribution in [-0.2, 0) is 0 Å². The highest BCUT2D eigenvalue weighted by Gasteiger charge is 2.28. The number of benzene rings is 2. The van der Waals surface area contributed by atoms with Crippen LogP contribution in [0.15, 0.2) is 48.7 Å². The Balaban J connectivity index is 1.62. The summed E-state index contributed by atoms with van der Waals surface area (Å²) >= 11 is 0. The number of nitrogens with two attached hydrogens (primary N) is 1. The number of amides is 1. The van der Waals surface area contributed by atoms with Crippen molar-refractivity contribution >= 4 is 17.3 Å². The van der Waals surface area contributed by atoms with E-state index in [1.165, 1.54) is 43.6 Å². The van der Waals surface area contributed by atoms with E-state index in [2.05, 4.69) is 15.3 Å². The number of aliphatic hydroxyl groups excluding tert-OH is 1. The number of hydrogen-bond acceptors (Lipinski definition) is 7. The molecule has 10 heteroatoms. The van der Waals surface area contributed by atoms with Gasteiger partial charge in [0.25, 0.3) is 5.91 Å². The van der Waals surface area contributed by atoms with E-state index in [-0.39, 0.29) is 34.4 Å². The van der Waals surface area contributed by atoms with Crippen LogP contribution in [0.2, 0.25) is 0 Å². The van der Waals surface area contributed by atoms with Crippen molar-refractivity contribution in [2.45, 2.75) is 12.6 Å². The standard InChI is InChI=1S/C23H23F2N5O3/c1-33-19-4-2-3-15(25)20(19)22-27-9-7-16(28-22)23(32)29-17-11-14(24)5-6-18(17)30-10-8-13(12-30)21(26)31/h2-7,9,11,13,21,31H,8,10,12,26H2,1H3,(H,29,32)/t13-,21-/m0/s1. The Kier molecular flexibility index (Phi) is 6.47. The monoisotopic (exact) mass is 455 g/mol. The summed E-state index contributed by atoms with van der Waals surface area (Å²) in [5.41, 5.74) is 6.44.